The lowest BCUT2D eigenvalue weighted by Crippen LogP contribution is -2.10. The van der Waals surface area contributed by atoms with E-state index in [1.54, 1.807) is 0 Å². The number of halogens is 1. The van der Waals surface area contributed by atoms with Crippen LogP contribution in [0.3, 0.4) is 0 Å². The topological polar surface area (TPSA) is 53.6 Å². The van der Waals surface area contributed by atoms with Gasteiger partial charge in [-0.1, -0.05) is 15.9 Å². The summed E-state index contributed by atoms with van der Waals surface area (Å²) in [4.78, 5) is 0. The molecule has 2 rings (SSSR count). The summed E-state index contributed by atoms with van der Waals surface area (Å²) >= 11 is 3.44. The van der Waals surface area contributed by atoms with Crippen molar-refractivity contribution in [2.24, 2.45) is 7.05 Å². The molecule has 0 aliphatic heterocycles. The molecule has 4 nitrogen and oxygen atoms in total. The number of aromatic nitrogens is 2. The van der Waals surface area contributed by atoms with E-state index in [9.17, 15) is 5.26 Å². The summed E-state index contributed by atoms with van der Waals surface area (Å²) < 4.78 is 2.83. The first-order valence-corrected chi connectivity index (χ1v) is 7.19. The second kappa shape index (κ2) is 5.68. The van der Waals surface area contributed by atoms with E-state index in [0.717, 1.165) is 21.5 Å². The first-order valence-electron chi connectivity index (χ1n) is 6.40. The molecule has 2 aromatic rings. The predicted octanol–water partition coefficient (Wildman–Crippen LogP) is 3.84. The maximum absolute atomic E-state index is 9.18. The van der Waals surface area contributed by atoms with Crippen LogP contribution in [0.25, 0.3) is 0 Å². The fourth-order valence-electron chi connectivity index (χ4n) is 2.46. The molecule has 1 atom stereocenters. The maximum Gasteiger partial charge on any atom is 0.101 e. The van der Waals surface area contributed by atoms with Gasteiger partial charge in [-0.05, 0) is 39.0 Å². The molecule has 1 N–H and O–H groups in total. The first kappa shape index (κ1) is 14.6. The number of aryl methyl sites for hydroxylation is 2. The fourth-order valence-corrected chi connectivity index (χ4v) is 2.82. The van der Waals surface area contributed by atoms with Crippen LogP contribution in [0.1, 0.15) is 35.5 Å². The van der Waals surface area contributed by atoms with Gasteiger partial charge in [0.25, 0.3) is 0 Å². The third kappa shape index (κ3) is 2.70. The molecule has 0 amide bonds. The predicted molar refractivity (Wildman–Crippen MR) is 83.6 cm³/mol. The summed E-state index contributed by atoms with van der Waals surface area (Å²) in [7, 11) is 1.94. The standard InChI is InChI=1S/C15H17BrN4/c1-9(15-10(2)19-20(4)11(15)3)18-14-7-13(16)6-5-12(14)8-17/h5-7,9,18H,1-4H3. The van der Waals surface area contributed by atoms with Crippen molar-refractivity contribution in [1.82, 2.24) is 9.78 Å². The second-order valence-electron chi connectivity index (χ2n) is 4.88. The number of hydrogen-bond acceptors (Lipinski definition) is 3. The summed E-state index contributed by atoms with van der Waals surface area (Å²) in [6.45, 7) is 6.14. The van der Waals surface area contributed by atoms with Crippen LogP contribution in [-0.4, -0.2) is 9.78 Å². The van der Waals surface area contributed by atoms with Gasteiger partial charge in [0, 0.05) is 22.8 Å². The molecule has 0 spiro atoms. The minimum Gasteiger partial charge on any atom is -0.377 e. The van der Waals surface area contributed by atoms with Gasteiger partial charge < -0.3 is 5.32 Å². The maximum atomic E-state index is 9.18. The Kier molecular flexibility index (Phi) is 4.15. The molecule has 0 bridgehead atoms. The van der Waals surface area contributed by atoms with Crippen molar-refractivity contribution in [2.75, 3.05) is 5.32 Å². The van der Waals surface area contributed by atoms with E-state index < -0.39 is 0 Å². The third-order valence-corrected chi connectivity index (χ3v) is 3.97. The normalized spacial score (nSPS) is 12.0. The molecule has 104 valence electrons. The molecule has 1 unspecified atom stereocenters. The van der Waals surface area contributed by atoms with Gasteiger partial charge in [-0.25, -0.2) is 0 Å². The van der Waals surface area contributed by atoms with Gasteiger partial charge in [-0.15, -0.1) is 0 Å². The zero-order chi connectivity index (χ0) is 14.9. The fraction of sp³-hybridized carbons (Fsp3) is 0.333. The number of nitrogens with zero attached hydrogens (tertiary/aromatic N) is 3. The highest BCUT2D eigenvalue weighted by atomic mass is 79.9. The van der Waals surface area contributed by atoms with Crippen LogP contribution in [0.4, 0.5) is 5.69 Å². The molecule has 0 aliphatic rings. The molecule has 1 heterocycles. The van der Waals surface area contributed by atoms with E-state index in [1.807, 2.05) is 36.9 Å². The van der Waals surface area contributed by atoms with Crippen LogP contribution in [0.5, 0.6) is 0 Å². The van der Waals surface area contributed by atoms with Gasteiger partial charge in [0.1, 0.15) is 6.07 Å². The highest BCUT2D eigenvalue weighted by Gasteiger charge is 2.17. The van der Waals surface area contributed by atoms with E-state index >= 15 is 0 Å². The average Bonchev–Trinajstić information content (AvgIpc) is 2.63. The molecule has 0 saturated carbocycles. The summed E-state index contributed by atoms with van der Waals surface area (Å²) in [5.74, 6) is 0. The molecule has 0 fully saturated rings. The Hall–Kier alpha value is -1.80. The Labute approximate surface area is 127 Å². The molecule has 0 saturated heterocycles. The van der Waals surface area contributed by atoms with Crippen molar-refractivity contribution in [3.63, 3.8) is 0 Å². The highest BCUT2D eigenvalue weighted by molar-refractivity contribution is 9.10. The summed E-state index contributed by atoms with van der Waals surface area (Å²) in [6, 6.07) is 7.90. The van der Waals surface area contributed by atoms with E-state index in [1.165, 1.54) is 5.56 Å². The Morgan fingerprint density at radius 1 is 1.40 bits per heavy atom. The lowest BCUT2D eigenvalue weighted by atomic mass is 10.1. The molecule has 0 aliphatic carbocycles. The molecular weight excluding hydrogens is 316 g/mol. The van der Waals surface area contributed by atoms with Crippen molar-refractivity contribution in [3.8, 4) is 6.07 Å². The first-order chi connectivity index (χ1) is 9.43. The zero-order valence-electron chi connectivity index (χ0n) is 12.0. The lowest BCUT2D eigenvalue weighted by molar-refractivity contribution is 0.728. The number of anilines is 1. The molecule has 0 radical (unpaired) electrons. The smallest absolute Gasteiger partial charge is 0.101 e. The Morgan fingerprint density at radius 2 is 2.10 bits per heavy atom. The summed E-state index contributed by atoms with van der Waals surface area (Å²) in [6.07, 6.45) is 0. The quantitative estimate of drug-likeness (QED) is 0.928. The average molecular weight is 333 g/mol. The second-order valence-corrected chi connectivity index (χ2v) is 5.79. The molecular formula is C15H17BrN4. The third-order valence-electron chi connectivity index (χ3n) is 3.47. The van der Waals surface area contributed by atoms with Crippen molar-refractivity contribution in [1.29, 1.82) is 5.26 Å². The van der Waals surface area contributed by atoms with Crippen molar-refractivity contribution < 1.29 is 0 Å². The molecule has 1 aromatic carbocycles. The SMILES string of the molecule is Cc1nn(C)c(C)c1C(C)Nc1cc(Br)ccc1C#N. The van der Waals surface area contributed by atoms with Crippen LogP contribution in [0.15, 0.2) is 22.7 Å². The summed E-state index contributed by atoms with van der Waals surface area (Å²) in [5.41, 5.74) is 4.79. The van der Waals surface area contributed by atoms with Crippen molar-refractivity contribution in [3.05, 3.63) is 45.2 Å². The Morgan fingerprint density at radius 3 is 2.65 bits per heavy atom. The molecule has 1 aromatic heterocycles. The van der Waals surface area contributed by atoms with Gasteiger partial charge in [-0.2, -0.15) is 10.4 Å². The Balaban J connectivity index is 2.35. The minimum atomic E-state index is 0.0881. The van der Waals surface area contributed by atoms with Gasteiger partial charge in [-0.3, -0.25) is 4.68 Å². The van der Waals surface area contributed by atoms with E-state index in [4.69, 9.17) is 0 Å². The van der Waals surface area contributed by atoms with Gasteiger partial charge in [0.05, 0.1) is 23.0 Å². The van der Waals surface area contributed by atoms with Crippen molar-refractivity contribution in [2.45, 2.75) is 26.8 Å². The summed E-state index contributed by atoms with van der Waals surface area (Å²) in [5, 5.41) is 17.0. The molecule has 20 heavy (non-hydrogen) atoms. The lowest BCUT2D eigenvalue weighted by Gasteiger charge is -2.17. The number of nitriles is 1. The Bertz CT molecular complexity index is 682. The number of hydrogen-bond donors (Lipinski definition) is 1. The largest absolute Gasteiger partial charge is 0.377 e. The van der Waals surface area contributed by atoms with E-state index in [0.29, 0.717) is 5.56 Å². The van der Waals surface area contributed by atoms with Crippen LogP contribution in [0.2, 0.25) is 0 Å². The van der Waals surface area contributed by atoms with Crippen LogP contribution in [0, 0.1) is 25.2 Å². The van der Waals surface area contributed by atoms with Crippen molar-refractivity contribution >= 4 is 21.6 Å². The van der Waals surface area contributed by atoms with Crippen LogP contribution >= 0.6 is 15.9 Å². The number of nitrogens with one attached hydrogen (secondary N) is 1. The van der Waals surface area contributed by atoms with Gasteiger partial charge in [0.2, 0.25) is 0 Å². The number of rotatable bonds is 3. The monoisotopic (exact) mass is 332 g/mol. The van der Waals surface area contributed by atoms with E-state index in [-0.39, 0.29) is 6.04 Å². The number of benzene rings is 1. The van der Waals surface area contributed by atoms with Gasteiger partial charge in [0.15, 0.2) is 0 Å². The molecule has 5 heteroatoms. The van der Waals surface area contributed by atoms with Gasteiger partial charge >= 0.3 is 0 Å². The van der Waals surface area contributed by atoms with Crippen LogP contribution in [-0.2, 0) is 7.05 Å². The van der Waals surface area contributed by atoms with E-state index in [2.05, 4.69) is 46.3 Å². The minimum absolute atomic E-state index is 0.0881. The highest BCUT2D eigenvalue weighted by Crippen LogP contribution is 2.28. The zero-order valence-corrected chi connectivity index (χ0v) is 13.6. The van der Waals surface area contributed by atoms with Crippen LogP contribution < -0.4 is 5.32 Å².